The number of aromatic nitrogens is 2. The van der Waals surface area contributed by atoms with Crippen LogP contribution in [-0.4, -0.2) is 27.1 Å². The first-order chi connectivity index (χ1) is 17.1. The number of pyridine rings is 2. The van der Waals surface area contributed by atoms with Crippen molar-refractivity contribution in [2.75, 3.05) is 12.3 Å². The van der Waals surface area contributed by atoms with Crippen molar-refractivity contribution in [3.63, 3.8) is 0 Å². The number of hydrogen-bond acceptors (Lipinski definition) is 5. The van der Waals surface area contributed by atoms with Crippen LogP contribution in [-0.2, 0) is 6.42 Å². The minimum absolute atomic E-state index is 0.00976. The number of nitrogens with one attached hydrogen (secondary N) is 1. The number of benzene rings is 1. The summed E-state index contributed by atoms with van der Waals surface area (Å²) in [7, 11) is 0. The molecule has 0 saturated carbocycles. The Bertz CT molecular complexity index is 1290. The van der Waals surface area contributed by atoms with E-state index in [2.05, 4.69) is 59.4 Å². The van der Waals surface area contributed by atoms with Gasteiger partial charge in [0.1, 0.15) is 0 Å². The van der Waals surface area contributed by atoms with Crippen LogP contribution in [0.4, 0.5) is 5.69 Å². The minimum Gasteiger partial charge on any atom is -0.399 e. The predicted octanol–water partition coefficient (Wildman–Crippen LogP) is 5.99. The minimum atomic E-state index is -0.00976. The highest BCUT2D eigenvalue weighted by molar-refractivity contribution is 6.04. The molecule has 5 nitrogen and oxygen atoms in total. The van der Waals surface area contributed by atoms with Gasteiger partial charge in [-0.05, 0) is 77.2 Å². The molecule has 1 aliphatic carbocycles. The van der Waals surface area contributed by atoms with Crippen LogP contribution in [0.25, 0.3) is 0 Å². The van der Waals surface area contributed by atoms with E-state index in [1.165, 1.54) is 11.1 Å². The summed E-state index contributed by atoms with van der Waals surface area (Å²) in [5, 5.41) is 8.37. The summed E-state index contributed by atoms with van der Waals surface area (Å²) in [4.78, 5) is 11.9. The third kappa shape index (κ3) is 4.80. The molecule has 2 atom stereocenters. The number of allylic oxidation sites excluding steroid dienone is 4. The molecule has 0 spiro atoms. The summed E-state index contributed by atoms with van der Waals surface area (Å²) in [6.45, 7) is 3.17. The molecule has 5 heteroatoms. The third-order valence-corrected chi connectivity index (χ3v) is 6.76. The average molecular weight is 462 g/mol. The van der Waals surface area contributed by atoms with Crippen molar-refractivity contribution in [1.29, 1.82) is 5.41 Å². The zero-order valence-electron chi connectivity index (χ0n) is 20.1. The van der Waals surface area contributed by atoms with Gasteiger partial charge < -0.3 is 16.0 Å². The maximum Gasteiger partial charge on any atom is 0.0664 e. The highest BCUT2D eigenvalue weighted by Crippen LogP contribution is 2.48. The fourth-order valence-electron chi connectivity index (χ4n) is 5.13. The zero-order valence-corrected chi connectivity index (χ0v) is 20.1. The van der Waals surface area contributed by atoms with E-state index in [0.717, 1.165) is 47.6 Å². The quantitative estimate of drug-likeness (QED) is 0.424. The van der Waals surface area contributed by atoms with E-state index >= 15 is 0 Å². The van der Waals surface area contributed by atoms with Gasteiger partial charge in [0.15, 0.2) is 0 Å². The van der Waals surface area contributed by atoms with Gasteiger partial charge in [0.2, 0.25) is 0 Å². The molecule has 0 amide bonds. The van der Waals surface area contributed by atoms with Crippen LogP contribution in [0.1, 0.15) is 54.2 Å². The standard InChI is InChI=1S/C30H31N5/c1-2-3-16-35-20-21-10-11-24(32)19-27(21)29(28-9-5-7-15-34-28)30(35)26-13-12-23(31)17-22(26)18-25-8-4-6-14-33-25/h4-15,17,19-20,29-30,32H,2-3,16,18,31H2,1H3/t29-,30-/m0/s1. The lowest BCUT2D eigenvalue weighted by atomic mass is 9.74. The largest absolute Gasteiger partial charge is 0.399 e. The molecule has 3 aromatic rings. The number of hydrogen-bond donors (Lipinski definition) is 2. The molecule has 0 fully saturated rings. The fraction of sp³-hybridized carbons (Fsp3) is 0.233. The zero-order chi connectivity index (χ0) is 24.2. The number of fused-ring (bicyclic) bond motifs is 1. The maximum absolute atomic E-state index is 8.37. The van der Waals surface area contributed by atoms with Crippen LogP contribution in [0.2, 0.25) is 0 Å². The van der Waals surface area contributed by atoms with Gasteiger partial charge in [-0.3, -0.25) is 9.97 Å². The molecule has 0 saturated heterocycles. The molecular weight excluding hydrogens is 430 g/mol. The molecule has 3 N–H and O–H groups in total. The molecule has 176 valence electrons. The summed E-state index contributed by atoms with van der Waals surface area (Å²) >= 11 is 0. The van der Waals surface area contributed by atoms with Crippen molar-refractivity contribution in [2.45, 2.75) is 38.1 Å². The van der Waals surface area contributed by atoms with Crippen LogP contribution in [0.15, 0.2) is 103 Å². The van der Waals surface area contributed by atoms with Gasteiger partial charge in [-0.1, -0.05) is 37.6 Å². The molecule has 0 bridgehead atoms. The molecule has 1 aromatic carbocycles. The summed E-state index contributed by atoms with van der Waals surface area (Å²) in [6.07, 6.45) is 14.8. The van der Waals surface area contributed by atoms with E-state index in [-0.39, 0.29) is 12.0 Å². The Kier molecular flexibility index (Phi) is 6.57. The Morgan fingerprint density at radius 1 is 1.00 bits per heavy atom. The van der Waals surface area contributed by atoms with Crippen LogP contribution in [0.5, 0.6) is 0 Å². The molecule has 35 heavy (non-hydrogen) atoms. The Balaban J connectivity index is 1.70. The van der Waals surface area contributed by atoms with E-state index in [1.54, 1.807) is 0 Å². The SMILES string of the molecule is CCCCN1C=C2C=CC(=N)C=C2[C@@H](c2ccccn2)[C@@H]1c1ccc(N)cc1Cc1ccccn1. The van der Waals surface area contributed by atoms with Gasteiger partial charge in [-0.15, -0.1) is 0 Å². The Labute approximate surface area is 207 Å². The highest BCUT2D eigenvalue weighted by Gasteiger charge is 2.39. The highest BCUT2D eigenvalue weighted by atomic mass is 15.2. The molecular formula is C30H31N5. The Morgan fingerprint density at radius 3 is 2.57 bits per heavy atom. The van der Waals surface area contributed by atoms with Gasteiger partial charge in [0, 0.05) is 42.9 Å². The second-order valence-corrected chi connectivity index (χ2v) is 9.20. The van der Waals surface area contributed by atoms with Gasteiger partial charge >= 0.3 is 0 Å². The van der Waals surface area contributed by atoms with Crippen molar-refractivity contribution in [2.24, 2.45) is 0 Å². The van der Waals surface area contributed by atoms with E-state index in [4.69, 9.17) is 16.1 Å². The van der Waals surface area contributed by atoms with Crippen molar-refractivity contribution in [1.82, 2.24) is 14.9 Å². The number of nitrogens with two attached hydrogens (primary N) is 1. The third-order valence-electron chi connectivity index (χ3n) is 6.76. The molecule has 1 aliphatic heterocycles. The Hall–Kier alpha value is -3.99. The van der Waals surface area contributed by atoms with Crippen LogP contribution < -0.4 is 5.73 Å². The summed E-state index contributed by atoms with van der Waals surface area (Å²) in [5.74, 6) is -0.00976. The maximum atomic E-state index is 8.37. The van der Waals surface area contributed by atoms with E-state index < -0.39 is 0 Å². The molecule has 0 unspecified atom stereocenters. The fourth-order valence-corrected chi connectivity index (χ4v) is 5.13. The number of rotatable bonds is 7. The van der Waals surface area contributed by atoms with Crippen LogP contribution >= 0.6 is 0 Å². The van der Waals surface area contributed by atoms with E-state index in [1.807, 2.05) is 48.8 Å². The molecule has 2 aromatic heterocycles. The van der Waals surface area contributed by atoms with Crippen molar-refractivity contribution >= 4 is 11.4 Å². The molecule has 2 aliphatic rings. The number of nitrogen functional groups attached to an aromatic ring is 1. The topological polar surface area (TPSA) is 78.9 Å². The van der Waals surface area contributed by atoms with Crippen molar-refractivity contribution < 1.29 is 0 Å². The molecule has 0 radical (unpaired) electrons. The van der Waals surface area contributed by atoms with Gasteiger partial charge in [0.25, 0.3) is 0 Å². The number of unbranched alkanes of at least 4 members (excludes halogenated alkanes) is 1. The summed E-state index contributed by atoms with van der Waals surface area (Å²) in [6, 6.07) is 18.5. The van der Waals surface area contributed by atoms with Crippen molar-refractivity contribution in [3.05, 3.63) is 125 Å². The first kappa shape index (κ1) is 22.8. The molecule has 5 rings (SSSR count). The number of anilines is 1. The van der Waals surface area contributed by atoms with E-state index in [9.17, 15) is 0 Å². The Morgan fingerprint density at radius 2 is 1.83 bits per heavy atom. The lowest BCUT2D eigenvalue weighted by Gasteiger charge is -2.44. The first-order valence-electron chi connectivity index (χ1n) is 12.3. The average Bonchev–Trinajstić information content (AvgIpc) is 2.88. The normalized spacial score (nSPS) is 19.2. The van der Waals surface area contributed by atoms with E-state index in [0.29, 0.717) is 12.1 Å². The van der Waals surface area contributed by atoms with Crippen LogP contribution in [0.3, 0.4) is 0 Å². The number of nitrogens with zero attached hydrogens (tertiary/aromatic N) is 3. The second-order valence-electron chi connectivity index (χ2n) is 9.20. The summed E-state index contributed by atoms with van der Waals surface area (Å²) in [5.41, 5.74) is 14.3. The second kappa shape index (κ2) is 10.1. The van der Waals surface area contributed by atoms with Gasteiger partial charge in [-0.25, -0.2) is 0 Å². The summed E-state index contributed by atoms with van der Waals surface area (Å²) < 4.78 is 0. The van der Waals surface area contributed by atoms with Gasteiger partial charge in [-0.2, -0.15) is 0 Å². The van der Waals surface area contributed by atoms with Crippen LogP contribution in [0, 0.1) is 5.41 Å². The van der Waals surface area contributed by atoms with Gasteiger partial charge in [0.05, 0.1) is 23.4 Å². The molecule has 3 heterocycles. The van der Waals surface area contributed by atoms with Crippen molar-refractivity contribution in [3.8, 4) is 0 Å². The predicted molar refractivity (Wildman–Crippen MR) is 142 cm³/mol. The smallest absolute Gasteiger partial charge is 0.0664 e. The lowest BCUT2D eigenvalue weighted by Crippen LogP contribution is -2.36. The monoisotopic (exact) mass is 461 g/mol. The lowest BCUT2D eigenvalue weighted by molar-refractivity contribution is 0.238. The first-order valence-corrected chi connectivity index (χ1v) is 12.3.